The summed E-state index contributed by atoms with van der Waals surface area (Å²) >= 11 is 0. The van der Waals surface area contributed by atoms with Crippen LogP contribution in [-0.4, -0.2) is 31.6 Å². The van der Waals surface area contributed by atoms with E-state index in [0.29, 0.717) is 13.2 Å². The number of ether oxygens (including phenoxy) is 3. The molecule has 2 atom stereocenters. The highest BCUT2D eigenvalue weighted by atomic mass is 16.7. The van der Waals surface area contributed by atoms with E-state index in [9.17, 15) is 4.79 Å². The third kappa shape index (κ3) is 8.98. The molecule has 0 rings (SSSR count). The lowest BCUT2D eigenvalue weighted by Gasteiger charge is -2.19. The molecule has 0 aliphatic carbocycles. The molecule has 0 aliphatic heterocycles. The van der Waals surface area contributed by atoms with Gasteiger partial charge in [-0.25, -0.2) is 4.79 Å². The molecule has 0 saturated heterocycles. The average molecular weight is 246 g/mol. The molecule has 0 saturated carbocycles. The maximum absolute atomic E-state index is 11.3. The van der Waals surface area contributed by atoms with E-state index in [0.717, 1.165) is 12.8 Å². The predicted octanol–water partition coefficient (Wildman–Crippen LogP) is 3.53. The lowest BCUT2D eigenvalue weighted by Crippen LogP contribution is -2.29. The van der Waals surface area contributed by atoms with Crippen LogP contribution in [0.5, 0.6) is 0 Å². The summed E-state index contributed by atoms with van der Waals surface area (Å²) in [4.78, 5) is 11.3. The molecule has 102 valence electrons. The topological polar surface area (TPSA) is 44.8 Å². The zero-order valence-corrected chi connectivity index (χ0v) is 11.5. The Morgan fingerprint density at radius 3 is 2.35 bits per heavy atom. The first-order valence-corrected chi connectivity index (χ1v) is 6.56. The number of carbonyl (C=O) groups excluding carboxylic acids is 1. The fourth-order valence-electron chi connectivity index (χ4n) is 1.36. The molecule has 17 heavy (non-hydrogen) atoms. The minimum atomic E-state index is -0.597. The number of hydrogen-bond donors (Lipinski definition) is 0. The largest absolute Gasteiger partial charge is 0.508 e. The second-order valence-electron chi connectivity index (χ2n) is 4.14. The van der Waals surface area contributed by atoms with E-state index in [1.807, 2.05) is 13.8 Å². The standard InChI is InChI=1S/C13H26O4/c1-5-7-8-9-10-16-13(14)17-12(4)11(3)15-6-2/h11-12H,5-10H2,1-4H3. The van der Waals surface area contributed by atoms with Crippen molar-refractivity contribution in [1.29, 1.82) is 0 Å². The summed E-state index contributed by atoms with van der Waals surface area (Å²) in [5, 5.41) is 0. The monoisotopic (exact) mass is 246 g/mol. The van der Waals surface area contributed by atoms with Crippen LogP contribution in [0.4, 0.5) is 4.79 Å². The first kappa shape index (κ1) is 16.2. The van der Waals surface area contributed by atoms with Crippen molar-refractivity contribution in [2.24, 2.45) is 0 Å². The molecule has 0 aromatic heterocycles. The van der Waals surface area contributed by atoms with Crippen molar-refractivity contribution < 1.29 is 19.0 Å². The summed E-state index contributed by atoms with van der Waals surface area (Å²) in [7, 11) is 0. The lowest BCUT2D eigenvalue weighted by molar-refractivity contribution is -0.0456. The third-order valence-corrected chi connectivity index (χ3v) is 2.59. The second-order valence-corrected chi connectivity index (χ2v) is 4.14. The van der Waals surface area contributed by atoms with Gasteiger partial charge in [0.05, 0.1) is 12.7 Å². The highest BCUT2D eigenvalue weighted by Crippen LogP contribution is 2.05. The highest BCUT2D eigenvalue weighted by molar-refractivity contribution is 5.60. The van der Waals surface area contributed by atoms with Gasteiger partial charge in [-0.15, -0.1) is 0 Å². The van der Waals surface area contributed by atoms with Crippen LogP contribution in [0.2, 0.25) is 0 Å². The first-order chi connectivity index (χ1) is 8.11. The predicted molar refractivity (Wildman–Crippen MR) is 67.1 cm³/mol. The van der Waals surface area contributed by atoms with Crippen LogP contribution in [0.3, 0.4) is 0 Å². The Kier molecular flexibility index (Phi) is 9.92. The Hall–Kier alpha value is -0.770. The van der Waals surface area contributed by atoms with Crippen LogP contribution in [0, 0.1) is 0 Å². The number of carbonyl (C=O) groups is 1. The molecule has 0 heterocycles. The van der Waals surface area contributed by atoms with Gasteiger partial charge in [-0.1, -0.05) is 26.2 Å². The Labute approximate surface area is 105 Å². The summed E-state index contributed by atoms with van der Waals surface area (Å²) < 4.78 is 15.4. The van der Waals surface area contributed by atoms with Crippen molar-refractivity contribution in [2.75, 3.05) is 13.2 Å². The number of rotatable bonds is 9. The van der Waals surface area contributed by atoms with Crippen LogP contribution < -0.4 is 0 Å². The van der Waals surface area contributed by atoms with Gasteiger partial charge in [-0.3, -0.25) is 0 Å². The zero-order valence-electron chi connectivity index (χ0n) is 11.5. The Morgan fingerprint density at radius 1 is 1.06 bits per heavy atom. The van der Waals surface area contributed by atoms with Gasteiger partial charge in [-0.2, -0.15) is 0 Å². The molecule has 4 heteroatoms. The number of hydrogen-bond acceptors (Lipinski definition) is 4. The van der Waals surface area contributed by atoms with Gasteiger partial charge in [0.2, 0.25) is 0 Å². The van der Waals surface area contributed by atoms with E-state index in [4.69, 9.17) is 14.2 Å². The maximum Gasteiger partial charge on any atom is 0.508 e. The first-order valence-electron chi connectivity index (χ1n) is 6.56. The Balaban J connectivity index is 3.56. The molecule has 0 bridgehead atoms. The third-order valence-electron chi connectivity index (χ3n) is 2.59. The van der Waals surface area contributed by atoms with Crippen molar-refractivity contribution in [3.8, 4) is 0 Å². The molecule has 0 amide bonds. The summed E-state index contributed by atoms with van der Waals surface area (Å²) in [5.74, 6) is 0. The zero-order chi connectivity index (χ0) is 13.1. The smallest absolute Gasteiger partial charge is 0.434 e. The Bertz CT molecular complexity index is 194. The van der Waals surface area contributed by atoms with Crippen LogP contribution in [-0.2, 0) is 14.2 Å². The molecule has 0 aliphatic rings. The molecule has 0 aromatic carbocycles. The SMILES string of the molecule is CCCCCCOC(=O)OC(C)C(C)OCC. The van der Waals surface area contributed by atoms with E-state index < -0.39 is 6.16 Å². The molecule has 0 radical (unpaired) electrons. The maximum atomic E-state index is 11.3. The van der Waals surface area contributed by atoms with E-state index in [2.05, 4.69) is 6.92 Å². The van der Waals surface area contributed by atoms with Gasteiger partial charge in [0.1, 0.15) is 6.10 Å². The van der Waals surface area contributed by atoms with Gasteiger partial charge in [0, 0.05) is 6.61 Å². The summed E-state index contributed by atoms with van der Waals surface area (Å²) in [6, 6.07) is 0. The quantitative estimate of drug-likeness (QED) is 0.461. The van der Waals surface area contributed by atoms with E-state index >= 15 is 0 Å². The highest BCUT2D eigenvalue weighted by Gasteiger charge is 2.17. The van der Waals surface area contributed by atoms with Crippen molar-refractivity contribution in [3.63, 3.8) is 0 Å². The summed E-state index contributed by atoms with van der Waals surface area (Å²) in [6.07, 6.45) is 3.36. The normalized spacial score (nSPS) is 14.1. The second kappa shape index (κ2) is 10.4. The van der Waals surface area contributed by atoms with Crippen molar-refractivity contribution >= 4 is 6.16 Å². The summed E-state index contributed by atoms with van der Waals surface area (Å²) in [5.41, 5.74) is 0. The molecule has 0 N–H and O–H groups in total. The van der Waals surface area contributed by atoms with Gasteiger partial charge in [-0.05, 0) is 27.2 Å². The minimum Gasteiger partial charge on any atom is -0.434 e. The van der Waals surface area contributed by atoms with Crippen LogP contribution >= 0.6 is 0 Å². The fourth-order valence-corrected chi connectivity index (χ4v) is 1.36. The number of unbranched alkanes of at least 4 members (excludes halogenated alkanes) is 3. The van der Waals surface area contributed by atoms with Crippen molar-refractivity contribution in [2.45, 2.75) is 65.6 Å². The summed E-state index contributed by atoms with van der Waals surface area (Å²) in [6.45, 7) is 8.79. The fraction of sp³-hybridized carbons (Fsp3) is 0.923. The van der Waals surface area contributed by atoms with Crippen LogP contribution in [0.15, 0.2) is 0 Å². The van der Waals surface area contributed by atoms with Gasteiger partial charge >= 0.3 is 6.16 Å². The molecular formula is C13H26O4. The van der Waals surface area contributed by atoms with Crippen LogP contribution in [0.25, 0.3) is 0 Å². The van der Waals surface area contributed by atoms with E-state index in [-0.39, 0.29) is 12.2 Å². The van der Waals surface area contributed by atoms with E-state index in [1.165, 1.54) is 12.8 Å². The van der Waals surface area contributed by atoms with Crippen molar-refractivity contribution in [3.05, 3.63) is 0 Å². The van der Waals surface area contributed by atoms with Crippen molar-refractivity contribution in [1.82, 2.24) is 0 Å². The van der Waals surface area contributed by atoms with E-state index in [1.54, 1.807) is 6.92 Å². The average Bonchev–Trinajstić information content (AvgIpc) is 2.29. The Morgan fingerprint density at radius 2 is 1.76 bits per heavy atom. The lowest BCUT2D eigenvalue weighted by atomic mass is 10.2. The molecule has 0 aromatic rings. The molecule has 0 fully saturated rings. The van der Waals surface area contributed by atoms with Gasteiger partial charge < -0.3 is 14.2 Å². The molecular weight excluding hydrogens is 220 g/mol. The molecule has 0 spiro atoms. The van der Waals surface area contributed by atoms with Gasteiger partial charge in [0.15, 0.2) is 0 Å². The molecule has 2 unspecified atom stereocenters. The molecule has 4 nitrogen and oxygen atoms in total. The van der Waals surface area contributed by atoms with Gasteiger partial charge in [0.25, 0.3) is 0 Å². The van der Waals surface area contributed by atoms with Crippen LogP contribution in [0.1, 0.15) is 53.4 Å². The minimum absolute atomic E-state index is 0.104.